The smallest absolute Gasteiger partial charge is 0.436 e. The van der Waals surface area contributed by atoms with Gasteiger partial charge in [-0.05, 0) is 13.8 Å². The van der Waals surface area contributed by atoms with E-state index in [1.165, 1.54) is 0 Å². The van der Waals surface area contributed by atoms with E-state index in [0.29, 0.717) is 10.4 Å². The van der Waals surface area contributed by atoms with Crippen LogP contribution < -0.4 is 0 Å². The molecule has 0 atom stereocenters. The maximum absolute atomic E-state index is 12.9. The first-order chi connectivity index (χ1) is 8.71. The number of halogens is 3. The molecule has 6 nitrogen and oxygen atoms in total. The van der Waals surface area contributed by atoms with Crippen LogP contribution in [0, 0.1) is 13.8 Å². The molecule has 0 spiro atoms. The highest BCUT2D eigenvalue weighted by molar-refractivity contribution is 7.14. The van der Waals surface area contributed by atoms with Gasteiger partial charge in [0, 0.05) is 4.88 Å². The quantitative estimate of drug-likeness (QED) is 0.916. The van der Waals surface area contributed by atoms with Gasteiger partial charge in [-0.15, -0.1) is 5.10 Å². The van der Waals surface area contributed by atoms with Crippen LogP contribution in [0.3, 0.4) is 0 Å². The molecule has 0 aliphatic carbocycles. The summed E-state index contributed by atoms with van der Waals surface area (Å²) in [6.07, 6.45) is -4.88. The van der Waals surface area contributed by atoms with Crippen molar-refractivity contribution < 1.29 is 23.1 Å². The van der Waals surface area contributed by atoms with Crippen LogP contribution in [0.15, 0.2) is 0 Å². The Morgan fingerprint density at radius 1 is 1.37 bits per heavy atom. The minimum absolute atomic E-state index is 0.0673. The summed E-state index contributed by atoms with van der Waals surface area (Å²) in [6, 6.07) is 0. The molecule has 0 fully saturated rings. The molecular formula is C9H7F3N4O2S. The van der Waals surface area contributed by atoms with Crippen molar-refractivity contribution in [3.8, 4) is 5.13 Å². The van der Waals surface area contributed by atoms with E-state index in [1.54, 1.807) is 13.8 Å². The largest absolute Gasteiger partial charge is 0.476 e. The molecule has 0 saturated heterocycles. The van der Waals surface area contributed by atoms with E-state index in [9.17, 15) is 18.0 Å². The van der Waals surface area contributed by atoms with Crippen LogP contribution in [0.2, 0.25) is 0 Å². The van der Waals surface area contributed by atoms with Crippen molar-refractivity contribution in [2.75, 3.05) is 0 Å². The fraction of sp³-hybridized carbons (Fsp3) is 0.333. The van der Waals surface area contributed by atoms with E-state index in [1.807, 2.05) is 0 Å². The summed E-state index contributed by atoms with van der Waals surface area (Å²) in [7, 11) is 0. The number of carboxylic acid groups (broad SMARTS) is 1. The zero-order valence-corrected chi connectivity index (χ0v) is 10.5. The molecule has 0 unspecified atom stereocenters. The lowest BCUT2D eigenvalue weighted by Gasteiger charge is -2.07. The van der Waals surface area contributed by atoms with Crippen LogP contribution >= 0.6 is 11.3 Å². The van der Waals surface area contributed by atoms with Gasteiger partial charge < -0.3 is 5.11 Å². The molecule has 10 heteroatoms. The molecule has 0 radical (unpaired) electrons. The number of nitrogens with zero attached hydrogens (tertiary/aromatic N) is 4. The Bertz CT molecular complexity index is 627. The van der Waals surface area contributed by atoms with E-state index in [4.69, 9.17) is 5.11 Å². The lowest BCUT2D eigenvalue weighted by Crippen LogP contribution is -2.17. The SMILES string of the molecule is Cc1nc(-n2nnc(C(=O)O)c2C(F)(F)F)sc1C. The van der Waals surface area contributed by atoms with Crippen LogP contribution in [0.1, 0.15) is 26.8 Å². The number of aromatic carboxylic acids is 1. The van der Waals surface area contributed by atoms with E-state index in [-0.39, 0.29) is 5.13 Å². The second kappa shape index (κ2) is 4.30. The average molecular weight is 292 g/mol. The molecular weight excluding hydrogens is 285 g/mol. The third-order valence-corrected chi connectivity index (χ3v) is 3.39. The van der Waals surface area contributed by atoms with E-state index >= 15 is 0 Å². The molecule has 0 amide bonds. The second-order valence-electron chi connectivity index (χ2n) is 3.64. The Labute approximate surface area is 108 Å². The number of hydrogen-bond donors (Lipinski definition) is 1. The van der Waals surface area contributed by atoms with Crippen LogP contribution in [0.4, 0.5) is 13.2 Å². The number of thiazole rings is 1. The predicted molar refractivity (Wildman–Crippen MR) is 58.5 cm³/mol. The van der Waals surface area contributed by atoms with Gasteiger partial charge >= 0.3 is 12.1 Å². The van der Waals surface area contributed by atoms with Crippen molar-refractivity contribution in [1.29, 1.82) is 0 Å². The average Bonchev–Trinajstić information content (AvgIpc) is 2.82. The molecule has 2 heterocycles. The number of carbonyl (C=O) groups is 1. The van der Waals surface area contributed by atoms with Crippen molar-refractivity contribution in [1.82, 2.24) is 20.0 Å². The highest BCUT2D eigenvalue weighted by Crippen LogP contribution is 2.33. The van der Waals surface area contributed by atoms with Gasteiger partial charge in [0.25, 0.3) is 0 Å². The highest BCUT2D eigenvalue weighted by atomic mass is 32.1. The normalized spacial score (nSPS) is 11.8. The summed E-state index contributed by atoms with van der Waals surface area (Å²) < 4.78 is 39.1. The van der Waals surface area contributed by atoms with Gasteiger partial charge in [0.2, 0.25) is 10.8 Å². The Morgan fingerprint density at radius 3 is 2.42 bits per heavy atom. The van der Waals surface area contributed by atoms with Gasteiger partial charge in [0.1, 0.15) is 0 Å². The summed E-state index contributed by atoms with van der Waals surface area (Å²) in [6.45, 7) is 3.33. The second-order valence-corrected chi connectivity index (χ2v) is 4.82. The maximum atomic E-state index is 12.9. The standard InChI is InChI=1S/C9H7F3N4O2S/c1-3-4(2)19-8(13-3)16-6(9(10,11)12)5(7(17)18)14-15-16/h1-2H3,(H,17,18). The van der Waals surface area contributed by atoms with Crippen molar-refractivity contribution >= 4 is 17.3 Å². The Morgan fingerprint density at radius 2 is 2.00 bits per heavy atom. The van der Waals surface area contributed by atoms with E-state index in [2.05, 4.69) is 15.3 Å². The van der Waals surface area contributed by atoms with Crippen LogP contribution in [0.5, 0.6) is 0 Å². The summed E-state index contributed by atoms with van der Waals surface area (Å²) >= 11 is 0.979. The molecule has 1 N–H and O–H groups in total. The molecule has 2 aromatic heterocycles. The number of aryl methyl sites for hydroxylation is 2. The number of alkyl halides is 3. The molecule has 0 aliphatic heterocycles. The topological polar surface area (TPSA) is 80.9 Å². The fourth-order valence-corrected chi connectivity index (χ4v) is 2.22. The zero-order chi connectivity index (χ0) is 14.4. The third-order valence-electron chi connectivity index (χ3n) is 2.34. The van der Waals surface area contributed by atoms with Gasteiger partial charge in [-0.3, -0.25) is 0 Å². The minimum Gasteiger partial charge on any atom is -0.476 e. The van der Waals surface area contributed by atoms with Crippen LogP contribution in [-0.4, -0.2) is 31.1 Å². The molecule has 0 bridgehead atoms. The fourth-order valence-electron chi connectivity index (χ4n) is 1.36. The first-order valence-electron chi connectivity index (χ1n) is 4.92. The number of hydrogen-bond acceptors (Lipinski definition) is 5. The van der Waals surface area contributed by atoms with E-state index in [0.717, 1.165) is 16.2 Å². The highest BCUT2D eigenvalue weighted by Gasteiger charge is 2.42. The van der Waals surface area contributed by atoms with Gasteiger partial charge in [-0.2, -0.15) is 17.9 Å². The Balaban J connectivity index is 2.68. The van der Waals surface area contributed by atoms with Crippen LogP contribution in [-0.2, 0) is 6.18 Å². The molecule has 2 rings (SSSR count). The van der Waals surface area contributed by atoms with Crippen molar-refractivity contribution in [2.45, 2.75) is 20.0 Å². The van der Waals surface area contributed by atoms with Gasteiger partial charge in [-0.25, -0.2) is 9.78 Å². The molecule has 0 aromatic carbocycles. The van der Waals surface area contributed by atoms with Gasteiger partial charge in [-0.1, -0.05) is 16.6 Å². The number of rotatable bonds is 2. The maximum Gasteiger partial charge on any atom is 0.436 e. The Hall–Kier alpha value is -1.97. The Kier molecular flexibility index (Phi) is 3.04. The first-order valence-corrected chi connectivity index (χ1v) is 5.74. The zero-order valence-electron chi connectivity index (χ0n) is 9.69. The number of carboxylic acids is 1. The van der Waals surface area contributed by atoms with Crippen molar-refractivity contribution in [3.63, 3.8) is 0 Å². The monoisotopic (exact) mass is 292 g/mol. The third kappa shape index (κ3) is 2.30. The van der Waals surface area contributed by atoms with Crippen LogP contribution in [0.25, 0.3) is 5.13 Å². The summed E-state index contributed by atoms with van der Waals surface area (Å²) in [5.41, 5.74) is -2.02. The van der Waals surface area contributed by atoms with Crippen molar-refractivity contribution in [2.24, 2.45) is 0 Å². The molecule has 0 saturated carbocycles. The molecule has 102 valence electrons. The predicted octanol–water partition coefficient (Wildman–Crippen LogP) is 2.06. The van der Waals surface area contributed by atoms with Crippen molar-refractivity contribution in [3.05, 3.63) is 22.0 Å². The summed E-state index contributed by atoms with van der Waals surface area (Å²) in [5, 5.41) is 14.9. The lowest BCUT2D eigenvalue weighted by atomic mass is 10.3. The van der Waals surface area contributed by atoms with E-state index < -0.39 is 23.5 Å². The molecule has 19 heavy (non-hydrogen) atoms. The van der Waals surface area contributed by atoms with Gasteiger partial charge in [0.15, 0.2) is 5.69 Å². The molecule has 2 aromatic rings. The number of aromatic nitrogens is 4. The summed E-state index contributed by atoms with van der Waals surface area (Å²) in [5.74, 6) is -1.79. The first kappa shape index (κ1) is 13.5. The van der Waals surface area contributed by atoms with Gasteiger partial charge in [0.05, 0.1) is 5.69 Å². The minimum atomic E-state index is -4.88. The summed E-state index contributed by atoms with van der Waals surface area (Å²) in [4.78, 5) is 15.4. The lowest BCUT2D eigenvalue weighted by molar-refractivity contribution is -0.143. The molecule has 0 aliphatic rings.